The van der Waals surface area contributed by atoms with Crippen LogP contribution in [0, 0.1) is 0 Å². The third-order valence-corrected chi connectivity index (χ3v) is 3.71. The highest BCUT2D eigenvalue weighted by Gasteiger charge is 2.30. The number of nitrogens with two attached hydrogens (primary N) is 2. The zero-order valence-corrected chi connectivity index (χ0v) is 16.8. The molecule has 0 amide bonds. The first-order chi connectivity index (χ1) is 15.3. The number of amidine groups is 1. The zero-order chi connectivity index (χ0) is 23.4. The summed E-state index contributed by atoms with van der Waals surface area (Å²) in [7, 11) is 0. The number of halogens is 3. The van der Waals surface area contributed by atoms with Crippen molar-refractivity contribution in [2.45, 2.75) is 6.36 Å². The minimum Gasteiger partial charge on any atom is -0.406 e. The van der Waals surface area contributed by atoms with Gasteiger partial charge in [0.05, 0.1) is 13.1 Å². The van der Waals surface area contributed by atoms with E-state index in [1.807, 2.05) is 0 Å². The third-order valence-electron chi connectivity index (χ3n) is 3.71. The first-order valence-electron chi connectivity index (χ1n) is 9.24. The first kappa shape index (κ1) is 24.1. The van der Waals surface area contributed by atoms with Gasteiger partial charge >= 0.3 is 6.36 Å². The van der Waals surface area contributed by atoms with E-state index in [4.69, 9.17) is 11.5 Å². The lowest BCUT2D eigenvalue weighted by Gasteiger charge is -2.11. The number of carbonyl (C=O) groups excluding carboxylic acids is 1. The molecule has 0 spiro atoms. The number of alkyl halides is 3. The first-order valence-corrected chi connectivity index (χ1v) is 9.24. The molecule has 5 N–H and O–H groups in total. The number of carbonyl (C=O) groups is 1. The predicted octanol–water partition coefficient (Wildman–Crippen LogP) is 3.11. The van der Waals surface area contributed by atoms with E-state index in [-0.39, 0.29) is 24.1 Å². The van der Waals surface area contributed by atoms with Gasteiger partial charge in [-0.1, -0.05) is 24.3 Å². The number of guanidine groups is 1. The molecule has 168 valence electrons. The summed E-state index contributed by atoms with van der Waals surface area (Å²) in [6.45, 7) is 0.602. The van der Waals surface area contributed by atoms with Crippen molar-refractivity contribution in [3.05, 3.63) is 71.9 Å². The van der Waals surface area contributed by atoms with Gasteiger partial charge in [-0.2, -0.15) is 4.99 Å². The fourth-order valence-corrected chi connectivity index (χ4v) is 2.28. The largest absolute Gasteiger partial charge is 0.573 e. The van der Waals surface area contributed by atoms with Crippen molar-refractivity contribution in [3.8, 4) is 5.75 Å². The average molecular weight is 446 g/mol. The monoisotopic (exact) mass is 446 g/mol. The van der Waals surface area contributed by atoms with Crippen LogP contribution in [0.1, 0.15) is 15.9 Å². The second-order valence-corrected chi connectivity index (χ2v) is 6.08. The molecule has 0 bridgehead atoms. The molecule has 0 atom stereocenters. The number of hydrogen-bond donors (Lipinski definition) is 3. The number of anilines is 1. The Morgan fingerprint density at radius 1 is 1.06 bits per heavy atom. The number of aldehydes is 1. The van der Waals surface area contributed by atoms with Crippen molar-refractivity contribution in [2.24, 2.45) is 26.4 Å². The average Bonchev–Trinajstić information content (AvgIpc) is 2.76. The zero-order valence-electron chi connectivity index (χ0n) is 16.8. The van der Waals surface area contributed by atoms with Gasteiger partial charge in [-0.05, 0) is 36.5 Å². The smallest absolute Gasteiger partial charge is 0.406 e. The molecule has 0 saturated heterocycles. The number of benzene rings is 2. The second-order valence-electron chi connectivity index (χ2n) is 6.08. The summed E-state index contributed by atoms with van der Waals surface area (Å²) in [6.07, 6.45) is 0.352. The van der Waals surface area contributed by atoms with E-state index in [0.29, 0.717) is 29.6 Å². The molecule has 0 heterocycles. The number of nitrogens with zero attached hydrogens (tertiary/aromatic N) is 3. The van der Waals surface area contributed by atoms with Crippen LogP contribution in [-0.2, 0) is 0 Å². The molecule has 11 heteroatoms. The van der Waals surface area contributed by atoms with E-state index >= 15 is 0 Å². The summed E-state index contributed by atoms with van der Waals surface area (Å²) in [4.78, 5) is 23.4. The van der Waals surface area contributed by atoms with Gasteiger partial charge in [0.2, 0.25) is 5.96 Å². The van der Waals surface area contributed by atoms with Crippen LogP contribution in [0.25, 0.3) is 0 Å². The lowest BCUT2D eigenvalue weighted by atomic mass is 10.1. The predicted molar refractivity (Wildman–Crippen MR) is 118 cm³/mol. The standard InChI is InChI=1S/C21H21F3N6O2/c22-21(23,24)32-18-8-6-17(7-9-18)29-20(28-13-12-27-11-1-10-25)30-19(26)16-4-2-15(14-31)3-5-16/h1-11,14H,12-13,25H2,(H3,26,28,29,30). The highest BCUT2D eigenvalue weighted by atomic mass is 19.4. The molecule has 0 saturated carbocycles. The minimum absolute atomic E-state index is 0.121. The lowest BCUT2D eigenvalue weighted by Crippen LogP contribution is -2.20. The van der Waals surface area contributed by atoms with Crippen molar-refractivity contribution in [2.75, 3.05) is 18.4 Å². The molecular weight excluding hydrogens is 425 g/mol. The van der Waals surface area contributed by atoms with Crippen molar-refractivity contribution >= 4 is 30.0 Å². The van der Waals surface area contributed by atoms with E-state index in [9.17, 15) is 18.0 Å². The number of allylic oxidation sites excluding steroid dienone is 1. The molecule has 8 nitrogen and oxygen atoms in total. The fraction of sp³-hybridized carbons (Fsp3) is 0.143. The van der Waals surface area contributed by atoms with Crippen LogP contribution in [0.3, 0.4) is 0 Å². The molecule has 0 unspecified atom stereocenters. The number of hydrogen-bond acceptors (Lipinski definition) is 5. The number of aliphatic imine (C=N–C) groups is 3. The summed E-state index contributed by atoms with van der Waals surface area (Å²) >= 11 is 0. The van der Waals surface area contributed by atoms with Crippen LogP contribution in [0.2, 0.25) is 0 Å². The van der Waals surface area contributed by atoms with E-state index in [0.717, 1.165) is 12.1 Å². The molecule has 2 aromatic rings. The van der Waals surface area contributed by atoms with Crippen molar-refractivity contribution in [1.82, 2.24) is 0 Å². The molecule has 2 aromatic carbocycles. The Labute approximate surface area is 182 Å². The molecule has 2 rings (SSSR count). The summed E-state index contributed by atoms with van der Waals surface area (Å²) in [5, 5.41) is 2.90. The lowest BCUT2D eigenvalue weighted by molar-refractivity contribution is -0.274. The molecular formula is C21H21F3N6O2. The summed E-state index contributed by atoms with van der Waals surface area (Å²) < 4.78 is 40.8. The van der Waals surface area contributed by atoms with Crippen molar-refractivity contribution in [1.29, 1.82) is 0 Å². The van der Waals surface area contributed by atoms with Gasteiger partial charge < -0.3 is 21.5 Å². The Hall–Kier alpha value is -4.15. The molecule has 0 radical (unpaired) electrons. The van der Waals surface area contributed by atoms with Gasteiger partial charge in [-0.15, -0.1) is 13.2 Å². The van der Waals surface area contributed by atoms with E-state index in [2.05, 4.69) is 25.0 Å². The number of ether oxygens (including phenoxy) is 1. The van der Waals surface area contributed by atoms with E-state index < -0.39 is 6.36 Å². The molecule has 32 heavy (non-hydrogen) atoms. The molecule has 0 aliphatic heterocycles. The summed E-state index contributed by atoms with van der Waals surface area (Å²) in [5.74, 6) is -0.113. The van der Waals surface area contributed by atoms with Gasteiger partial charge in [0.1, 0.15) is 17.9 Å². The maximum atomic E-state index is 12.3. The Balaban J connectivity index is 2.20. The van der Waals surface area contributed by atoms with Crippen LogP contribution in [-0.4, -0.2) is 43.7 Å². The second kappa shape index (κ2) is 11.9. The SMILES string of the molecule is NC=CC=NCCN=C(N=C(N)c1ccc(C=O)cc1)Nc1ccc(OC(F)(F)F)cc1. The maximum absolute atomic E-state index is 12.3. The van der Waals surface area contributed by atoms with Crippen molar-refractivity contribution < 1.29 is 22.7 Å². The summed E-state index contributed by atoms with van der Waals surface area (Å²) in [6, 6.07) is 11.5. The van der Waals surface area contributed by atoms with Gasteiger partial charge in [-0.25, -0.2) is 4.99 Å². The highest BCUT2D eigenvalue weighted by Crippen LogP contribution is 2.24. The van der Waals surface area contributed by atoms with Crippen LogP contribution in [0.4, 0.5) is 18.9 Å². The van der Waals surface area contributed by atoms with Gasteiger partial charge in [0.25, 0.3) is 0 Å². The van der Waals surface area contributed by atoms with Crippen LogP contribution >= 0.6 is 0 Å². The van der Waals surface area contributed by atoms with E-state index in [1.165, 1.54) is 24.5 Å². The van der Waals surface area contributed by atoms with Crippen LogP contribution in [0.5, 0.6) is 5.75 Å². The Morgan fingerprint density at radius 2 is 1.75 bits per heavy atom. The maximum Gasteiger partial charge on any atom is 0.573 e. The molecule has 0 aromatic heterocycles. The summed E-state index contributed by atoms with van der Waals surface area (Å²) in [5.41, 5.74) is 12.7. The molecule has 0 fully saturated rings. The molecule has 0 aliphatic rings. The van der Waals surface area contributed by atoms with Gasteiger partial charge in [-0.3, -0.25) is 9.79 Å². The minimum atomic E-state index is -4.78. The Kier molecular flexibility index (Phi) is 8.96. The highest BCUT2D eigenvalue weighted by molar-refractivity contribution is 6.08. The van der Waals surface area contributed by atoms with Crippen molar-refractivity contribution in [3.63, 3.8) is 0 Å². The number of rotatable bonds is 8. The fourth-order valence-electron chi connectivity index (χ4n) is 2.28. The third kappa shape index (κ3) is 8.69. The van der Waals surface area contributed by atoms with E-state index in [1.54, 1.807) is 30.3 Å². The van der Waals surface area contributed by atoms with Gasteiger partial charge in [0.15, 0.2) is 0 Å². The van der Waals surface area contributed by atoms with Crippen LogP contribution < -0.4 is 21.5 Å². The number of nitrogens with one attached hydrogen (secondary N) is 1. The normalized spacial score (nSPS) is 13.0. The Bertz CT molecular complexity index is 998. The Morgan fingerprint density at radius 3 is 2.34 bits per heavy atom. The van der Waals surface area contributed by atoms with Crippen LogP contribution in [0.15, 0.2) is 75.8 Å². The quantitative estimate of drug-likeness (QED) is 0.248. The molecule has 0 aliphatic carbocycles. The van der Waals surface area contributed by atoms with Gasteiger partial charge in [0, 0.05) is 23.0 Å². The topological polar surface area (TPSA) is 127 Å².